The molecule has 1 amide bonds. The van der Waals surface area contributed by atoms with Gasteiger partial charge in [0.15, 0.2) is 0 Å². The fraction of sp³-hybridized carbons (Fsp3) is 0.333. The first-order chi connectivity index (χ1) is 9.35. The Labute approximate surface area is 126 Å². The highest BCUT2D eigenvalue weighted by molar-refractivity contribution is 6.57. The molecule has 0 radical (unpaired) electrons. The number of likely N-dealkylation sites (N-methyl/N-ethyl adjacent to an activating group) is 1. The summed E-state index contributed by atoms with van der Waals surface area (Å²) in [6.45, 7) is 1.90. The molecule has 8 heteroatoms. The lowest BCUT2D eigenvalue weighted by molar-refractivity contribution is -0.129. The molecule has 1 aromatic heterocycles. The summed E-state index contributed by atoms with van der Waals surface area (Å²) in [7, 11) is 3.12. The lowest BCUT2D eigenvalue weighted by atomic mass is 10.2. The Kier molecular flexibility index (Phi) is 3.96. The van der Waals surface area contributed by atoms with Gasteiger partial charge in [0.05, 0.1) is 5.69 Å². The number of hydrogen-bond acceptors (Lipinski definition) is 4. The number of alkyl halides is 2. The van der Waals surface area contributed by atoms with Crippen LogP contribution in [0.15, 0.2) is 24.3 Å². The average molecular weight is 314 g/mol. The first kappa shape index (κ1) is 14.7. The van der Waals surface area contributed by atoms with E-state index in [2.05, 4.69) is 15.5 Å². The van der Waals surface area contributed by atoms with Crippen molar-refractivity contribution in [1.29, 1.82) is 0 Å². The van der Waals surface area contributed by atoms with Gasteiger partial charge in [-0.15, -0.1) is 5.10 Å². The zero-order valence-electron chi connectivity index (χ0n) is 11.2. The predicted molar refractivity (Wildman–Crippen MR) is 76.0 cm³/mol. The summed E-state index contributed by atoms with van der Waals surface area (Å²) < 4.78 is -0.480. The van der Waals surface area contributed by atoms with Crippen molar-refractivity contribution in [2.45, 2.75) is 11.3 Å². The topological polar surface area (TPSA) is 63.9 Å². The number of nitrogens with zero attached hydrogens (tertiary/aromatic N) is 5. The number of benzene rings is 1. The number of rotatable bonds is 3. The Balaban J connectivity index is 2.54. The van der Waals surface area contributed by atoms with E-state index >= 15 is 0 Å². The summed E-state index contributed by atoms with van der Waals surface area (Å²) in [6, 6.07) is 7.45. The Hall–Kier alpha value is -1.66. The maximum Gasteiger partial charge on any atom is 0.266 e. The molecule has 0 aliphatic carbocycles. The number of halogens is 2. The van der Waals surface area contributed by atoms with E-state index in [0.29, 0.717) is 5.69 Å². The van der Waals surface area contributed by atoms with Crippen LogP contribution in [0.5, 0.6) is 0 Å². The van der Waals surface area contributed by atoms with Crippen LogP contribution in [0.2, 0.25) is 0 Å². The van der Waals surface area contributed by atoms with Crippen molar-refractivity contribution >= 4 is 29.1 Å². The smallest absolute Gasteiger partial charge is 0.266 e. The van der Waals surface area contributed by atoms with E-state index in [4.69, 9.17) is 23.2 Å². The summed E-state index contributed by atoms with van der Waals surface area (Å²) in [4.78, 5) is 13.4. The Bertz CT molecular complexity index is 638. The predicted octanol–water partition coefficient (Wildman–Crippen LogP) is 1.69. The quantitative estimate of drug-likeness (QED) is 0.809. The molecule has 0 N–H and O–H groups in total. The molecule has 0 unspecified atom stereocenters. The van der Waals surface area contributed by atoms with Crippen molar-refractivity contribution in [3.8, 4) is 5.69 Å². The molecule has 6 nitrogen and oxygen atoms in total. The minimum absolute atomic E-state index is 0.0637. The second kappa shape index (κ2) is 5.38. The number of hydrogen-bond donors (Lipinski definition) is 0. The van der Waals surface area contributed by atoms with Gasteiger partial charge in [0.25, 0.3) is 10.2 Å². The summed E-state index contributed by atoms with van der Waals surface area (Å²) in [5.41, 5.74) is 1.65. The third kappa shape index (κ3) is 2.48. The monoisotopic (exact) mass is 313 g/mol. The van der Waals surface area contributed by atoms with Crippen LogP contribution < -0.4 is 0 Å². The van der Waals surface area contributed by atoms with Gasteiger partial charge >= 0.3 is 0 Å². The van der Waals surface area contributed by atoms with Gasteiger partial charge in [0.1, 0.15) is 0 Å². The zero-order chi connectivity index (χ0) is 14.9. The number of amides is 1. The van der Waals surface area contributed by atoms with Crippen molar-refractivity contribution in [1.82, 2.24) is 25.1 Å². The van der Waals surface area contributed by atoms with Gasteiger partial charge in [-0.05, 0) is 29.0 Å². The number of aromatic nitrogens is 4. The summed E-state index contributed by atoms with van der Waals surface area (Å²) in [6.07, 6.45) is 0. The standard InChI is InChI=1S/C12H13Cl2N5O/c1-8-6-4-5-7-9(8)19-10(15-16-17-19)12(13,14)11(20)18(2)3/h4-7H,1-3H3. The van der Waals surface area contributed by atoms with Crippen molar-refractivity contribution < 1.29 is 4.79 Å². The summed E-state index contributed by atoms with van der Waals surface area (Å²) >= 11 is 12.3. The van der Waals surface area contributed by atoms with Crippen molar-refractivity contribution in [2.24, 2.45) is 0 Å². The lowest BCUT2D eigenvalue weighted by Gasteiger charge is -2.21. The maximum atomic E-state index is 12.1. The summed E-state index contributed by atoms with van der Waals surface area (Å²) in [5, 5.41) is 11.2. The Morgan fingerprint density at radius 2 is 1.95 bits per heavy atom. The van der Waals surface area contributed by atoms with Crippen molar-refractivity contribution in [3.63, 3.8) is 0 Å². The highest BCUT2D eigenvalue weighted by Crippen LogP contribution is 2.35. The SMILES string of the molecule is Cc1ccccc1-n1nnnc1C(Cl)(Cl)C(=O)N(C)C. The van der Waals surface area contributed by atoms with E-state index in [-0.39, 0.29) is 5.82 Å². The van der Waals surface area contributed by atoms with Crippen LogP contribution >= 0.6 is 23.2 Å². The molecular weight excluding hydrogens is 301 g/mol. The molecule has 0 bridgehead atoms. The van der Waals surface area contributed by atoms with Gasteiger partial charge in [0.2, 0.25) is 5.82 Å². The molecule has 0 aliphatic rings. The number of carbonyl (C=O) groups excluding carboxylic acids is 1. The van der Waals surface area contributed by atoms with E-state index in [1.165, 1.54) is 9.58 Å². The minimum atomic E-state index is -1.85. The largest absolute Gasteiger partial charge is 0.346 e. The number of aryl methyl sites for hydroxylation is 1. The lowest BCUT2D eigenvalue weighted by Crippen LogP contribution is -2.37. The molecule has 0 fully saturated rings. The van der Waals surface area contributed by atoms with Crippen LogP contribution in [0, 0.1) is 6.92 Å². The van der Waals surface area contributed by atoms with Crippen molar-refractivity contribution in [2.75, 3.05) is 14.1 Å². The normalized spacial score (nSPS) is 11.4. The molecule has 0 saturated heterocycles. The second-order valence-electron chi connectivity index (χ2n) is 4.47. The minimum Gasteiger partial charge on any atom is -0.346 e. The molecule has 0 saturated carbocycles. The molecule has 1 aromatic carbocycles. The Morgan fingerprint density at radius 1 is 1.30 bits per heavy atom. The molecule has 2 aromatic rings. The molecule has 1 heterocycles. The van der Waals surface area contributed by atoms with Crippen LogP contribution in [0.4, 0.5) is 0 Å². The van der Waals surface area contributed by atoms with E-state index in [0.717, 1.165) is 5.56 Å². The molecule has 0 aliphatic heterocycles. The van der Waals surface area contributed by atoms with Gasteiger partial charge in [0, 0.05) is 14.1 Å². The fourth-order valence-electron chi connectivity index (χ4n) is 1.72. The van der Waals surface area contributed by atoms with Gasteiger partial charge < -0.3 is 4.90 Å². The number of carbonyl (C=O) groups is 1. The first-order valence-corrected chi connectivity index (χ1v) is 6.55. The van der Waals surface area contributed by atoms with Crippen LogP contribution in [-0.4, -0.2) is 45.1 Å². The third-order valence-electron chi connectivity index (χ3n) is 2.77. The van der Waals surface area contributed by atoms with E-state index in [1.807, 2.05) is 31.2 Å². The molecular formula is C12H13Cl2N5O. The zero-order valence-corrected chi connectivity index (χ0v) is 12.7. The van der Waals surface area contributed by atoms with Crippen LogP contribution in [0.3, 0.4) is 0 Å². The van der Waals surface area contributed by atoms with Crippen LogP contribution in [0.25, 0.3) is 5.69 Å². The Morgan fingerprint density at radius 3 is 2.55 bits per heavy atom. The van der Waals surface area contributed by atoms with Crippen LogP contribution in [0.1, 0.15) is 11.4 Å². The van der Waals surface area contributed by atoms with E-state index in [1.54, 1.807) is 14.1 Å². The fourth-order valence-corrected chi connectivity index (χ4v) is 2.30. The van der Waals surface area contributed by atoms with Gasteiger partial charge in [-0.2, -0.15) is 4.68 Å². The maximum absolute atomic E-state index is 12.1. The second-order valence-corrected chi connectivity index (χ2v) is 5.80. The molecule has 0 atom stereocenters. The molecule has 2 rings (SSSR count). The molecule has 20 heavy (non-hydrogen) atoms. The number of tetrazole rings is 1. The van der Waals surface area contributed by atoms with Gasteiger partial charge in [-0.1, -0.05) is 41.4 Å². The molecule has 106 valence electrons. The van der Waals surface area contributed by atoms with Gasteiger partial charge in [-0.3, -0.25) is 4.79 Å². The van der Waals surface area contributed by atoms with Crippen LogP contribution in [-0.2, 0) is 9.13 Å². The first-order valence-electron chi connectivity index (χ1n) is 5.80. The molecule has 0 spiro atoms. The highest BCUT2D eigenvalue weighted by atomic mass is 35.5. The van der Waals surface area contributed by atoms with E-state index < -0.39 is 10.2 Å². The highest BCUT2D eigenvalue weighted by Gasteiger charge is 2.43. The third-order valence-corrected chi connectivity index (χ3v) is 3.43. The average Bonchev–Trinajstić information content (AvgIpc) is 2.88. The van der Waals surface area contributed by atoms with E-state index in [9.17, 15) is 4.79 Å². The van der Waals surface area contributed by atoms with Gasteiger partial charge in [-0.25, -0.2) is 0 Å². The number of para-hydroxylation sites is 1. The summed E-state index contributed by atoms with van der Waals surface area (Å²) in [5.74, 6) is -0.445. The van der Waals surface area contributed by atoms with Crippen molar-refractivity contribution in [3.05, 3.63) is 35.7 Å².